The highest BCUT2D eigenvalue weighted by Crippen LogP contribution is 2.40. The third kappa shape index (κ3) is 4.92. The van der Waals surface area contributed by atoms with Crippen LogP contribution in [0.3, 0.4) is 0 Å². The fraction of sp³-hybridized carbons (Fsp3) is 0.727. The van der Waals surface area contributed by atoms with Crippen LogP contribution in [0.5, 0.6) is 11.5 Å². The number of aliphatic hydroxyl groups excluding tert-OH is 1. The highest BCUT2D eigenvalue weighted by atomic mass is 16.5. The Bertz CT molecular complexity index is 570. The topological polar surface area (TPSA) is 69.9 Å². The first kappa shape index (κ1) is 19.5. The van der Waals surface area contributed by atoms with Crippen molar-refractivity contribution in [2.24, 2.45) is 5.92 Å². The molecule has 2 saturated carbocycles. The predicted molar refractivity (Wildman–Crippen MR) is 103 cm³/mol. The molecule has 4 heteroatoms. The van der Waals surface area contributed by atoms with Crippen molar-refractivity contribution >= 4 is 0 Å². The maximum Gasteiger partial charge on any atom is 0.160 e. The Morgan fingerprint density at radius 3 is 2.35 bits per heavy atom. The predicted octanol–water partition coefficient (Wildman–Crippen LogP) is 4.78. The average molecular weight is 363 g/mol. The highest BCUT2D eigenvalue weighted by molar-refractivity contribution is 5.49. The van der Waals surface area contributed by atoms with Crippen molar-refractivity contribution in [3.05, 3.63) is 23.3 Å². The summed E-state index contributed by atoms with van der Waals surface area (Å²) >= 11 is 0. The molecule has 0 saturated heterocycles. The molecule has 146 valence electrons. The highest BCUT2D eigenvalue weighted by Gasteiger charge is 2.25. The van der Waals surface area contributed by atoms with E-state index in [4.69, 9.17) is 4.74 Å². The molecule has 26 heavy (non-hydrogen) atoms. The molecule has 3 N–H and O–H groups in total. The molecule has 2 aliphatic carbocycles. The molecule has 0 aliphatic heterocycles. The monoisotopic (exact) mass is 362 g/mol. The zero-order valence-corrected chi connectivity index (χ0v) is 16.0. The van der Waals surface area contributed by atoms with Crippen molar-refractivity contribution in [3.63, 3.8) is 0 Å². The van der Waals surface area contributed by atoms with Gasteiger partial charge in [-0.05, 0) is 100 Å². The van der Waals surface area contributed by atoms with E-state index in [-0.39, 0.29) is 17.6 Å². The Hall–Kier alpha value is -1.26. The first-order chi connectivity index (χ1) is 12.5. The van der Waals surface area contributed by atoms with Crippen molar-refractivity contribution in [1.82, 2.24) is 0 Å². The van der Waals surface area contributed by atoms with Crippen LogP contribution in [-0.4, -0.2) is 34.1 Å². The maximum atomic E-state index is 9.95. The number of phenolic OH excluding ortho intramolecular Hbond substituents is 2. The van der Waals surface area contributed by atoms with E-state index in [1.807, 2.05) is 13.0 Å². The Kier molecular flexibility index (Phi) is 6.82. The van der Waals surface area contributed by atoms with Crippen molar-refractivity contribution in [1.29, 1.82) is 0 Å². The number of aromatic hydroxyl groups is 2. The van der Waals surface area contributed by atoms with Gasteiger partial charge < -0.3 is 20.1 Å². The Balaban J connectivity index is 1.36. The van der Waals surface area contributed by atoms with Crippen LogP contribution in [0.2, 0.25) is 0 Å². The van der Waals surface area contributed by atoms with Crippen LogP contribution in [0, 0.1) is 12.8 Å². The quantitative estimate of drug-likeness (QED) is 0.503. The van der Waals surface area contributed by atoms with Gasteiger partial charge >= 0.3 is 0 Å². The molecule has 0 heterocycles. The second kappa shape index (κ2) is 9.09. The van der Waals surface area contributed by atoms with Crippen LogP contribution in [0.1, 0.15) is 81.3 Å². The van der Waals surface area contributed by atoms with E-state index in [0.717, 1.165) is 63.0 Å². The second-order valence-electron chi connectivity index (χ2n) is 8.31. The van der Waals surface area contributed by atoms with E-state index >= 15 is 0 Å². The zero-order valence-electron chi connectivity index (χ0n) is 16.0. The molecule has 0 bridgehead atoms. The van der Waals surface area contributed by atoms with E-state index in [2.05, 4.69) is 0 Å². The zero-order chi connectivity index (χ0) is 18.5. The van der Waals surface area contributed by atoms with Gasteiger partial charge in [0.15, 0.2) is 11.5 Å². The van der Waals surface area contributed by atoms with E-state index in [0.29, 0.717) is 12.0 Å². The van der Waals surface area contributed by atoms with E-state index in [1.165, 1.54) is 24.8 Å². The molecule has 0 radical (unpaired) electrons. The molecule has 0 spiro atoms. The van der Waals surface area contributed by atoms with Gasteiger partial charge in [0.05, 0.1) is 12.2 Å². The molecule has 4 nitrogen and oxygen atoms in total. The molecule has 0 unspecified atom stereocenters. The number of aliphatic hydroxyl groups is 1. The van der Waals surface area contributed by atoms with Crippen molar-refractivity contribution in [3.8, 4) is 11.5 Å². The van der Waals surface area contributed by atoms with E-state index in [1.54, 1.807) is 6.07 Å². The van der Waals surface area contributed by atoms with Gasteiger partial charge in [0.1, 0.15) is 0 Å². The Morgan fingerprint density at radius 1 is 0.962 bits per heavy atom. The molecule has 2 fully saturated rings. The van der Waals surface area contributed by atoms with Gasteiger partial charge in [-0.2, -0.15) is 0 Å². The lowest BCUT2D eigenvalue weighted by atomic mass is 9.81. The normalized spacial score (nSPS) is 29.6. The SMILES string of the molecule is Cc1c(C2CCC(OCCCC3CCC(O)CC3)CC2)ccc(O)c1O. The number of benzene rings is 1. The largest absolute Gasteiger partial charge is 0.504 e. The molecule has 3 rings (SSSR count). The smallest absolute Gasteiger partial charge is 0.160 e. The van der Waals surface area contributed by atoms with E-state index in [9.17, 15) is 15.3 Å². The summed E-state index contributed by atoms with van der Waals surface area (Å²) in [5.41, 5.74) is 1.98. The summed E-state index contributed by atoms with van der Waals surface area (Å²) in [6.45, 7) is 2.74. The molecule has 0 aromatic heterocycles. The molecule has 0 amide bonds. The lowest BCUT2D eigenvalue weighted by molar-refractivity contribution is 0.0195. The summed E-state index contributed by atoms with van der Waals surface area (Å²) in [4.78, 5) is 0. The number of rotatable bonds is 6. The lowest BCUT2D eigenvalue weighted by Gasteiger charge is -2.30. The number of hydrogen-bond donors (Lipinski definition) is 3. The molecular weight excluding hydrogens is 328 g/mol. The van der Waals surface area contributed by atoms with E-state index < -0.39 is 0 Å². The van der Waals surface area contributed by atoms with Crippen molar-refractivity contribution < 1.29 is 20.1 Å². The van der Waals surface area contributed by atoms with Crippen LogP contribution < -0.4 is 0 Å². The van der Waals surface area contributed by atoms with Gasteiger partial charge in [-0.1, -0.05) is 6.07 Å². The molecular formula is C22H34O4. The van der Waals surface area contributed by atoms with Crippen LogP contribution in [0.4, 0.5) is 0 Å². The fourth-order valence-corrected chi connectivity index (χ4v) is 4.74. The van der Waals surface area contributed by atoms with Gasteiger partial charge in [-0.25, -0.2) is 0 Å². The summed E-state index contributed by atoms with van der Waals surface area (Å²) in [6, 6.07) is 3.56. The second-order valence-corrected chi connectivity index (χ2v) is 8.31. The van der Waals surface area contributed by atoms with Crippen LogP contribution in [-0.2, 0) is 4.74 Å². The van der Waals surface area contributed by atoms with Crippen LogP contribution in [0.15, 0.2) is 12.1 Å². The first-order valence-electron chi connectivity index (χ1n) is 10.4. The minimum absolute atomic E-state index is 0.0242. The molecule has 0 atom stereocenters. The first-order valence-corrected chi connectivity index (χ1v) is 10.4. The third-order valence-electron chi connectivity index (χ3n) is 6.49. The fourth-order valence-electron chi connectivity index (χ4n) is 4.74. The summed E-state index contributed by atoms with van der Waals surface area (Å²) in [7, 11) is 0. The van der Waals surface area contributed by atoms with Gasteiger partial charge in [-0.3, -0.25) is 0 Å². The third-order valence-corrected chi connectivity index (χ3v) is 6.49. The molecule has 1 aromatic carbocycles. The summed E-state index contributed by atoms with van der Waals surface area (Å²) < 4.78 is 6.11. The van der Waals surface area contributed by atoms with Crippen LogP contribution >= 0.6 is 0 Å². The Morgan fingerprint density at radius 2 is 1.65 bits per heavy atom. The molecule has 2 aliphatic rings. The van der Waals surface area contributed by atoms with Gasteiger partial charge in [0.2, 0.25) is 0 Å². The summed E-state index contributed by atoms with van der Waals surface area (Å²) in [5.74, 6) is 1.23. The minimum Gasteiger partial charge on any atom is -0.504 e. The standard InChI is InChI=1S/C22H34O4/c1-15-20(12-13-21(24)22(15)25)17-6-10-19(11-7-17)26-14-2-3-16-4-8-18(23)9-5-16/h12-13,16-19,23-25H,2-11,14H2,1H3. The minimum atomic E-state index is -0.0585. The Labute approximate surface area is 157 Å². The maximum absolute atomic E-state index is 9.95. The molecule has 1 aromatic rings. The summed E-state index contributed by atoms with van der Waals surface area (Å²) in [5, 5.41) is 29.1. The number of phenols is 2. The average Bonchev–Trinajstić information content (AvgIpc) is 2.66. The van der Waals surface area contributed by atoms with Crippen molar-refractivity contribution in [2.45, 2.75) is 89.3 Å². The van der Waals surface area contributed by atoms with Gasteiger partial charge in [0, 0.05) is 6.61 Å². The lowest BCUT2D eigenvalue weighted by Crippen LogP contribution is -2.22. The van der Waals surface area contributed by atoms with Crippen molar-refractivity contribution in [2.75, 3.05) is 6.61 Å². The van der Waals surface area contributed by atoms with Gasteiger partial charge in [-0.15, -0.1) is 0 Å². The number of hydrogen-bond acceptors (Lipinski definition) is 4. The number of ether oxygens (including phenoxy) is 1. The van der Waals surface area contributed by atoms with Crippen LogP contribution in [0.25, 0.3) is 0 Å². The van der Waals surface area contributed by atoms with Gasteiger partial charge in [0.25, 0.3) is 0 Å². The summed E-state index contributed by atoms with van der Waals surface area (Å²) in [6.07, 6.45) is 11.3.